The summed E-state index contributed by atoms with van der Waals surface area (Å²) in [6.45, 7) is 5.89. The van der Waals surface area contributed by atoms with Crippen LogP contribution in [0.2, 0.25) is 0 Å². The van der Waals surface area contributed by atoms with Gasteiger partial charge in [0.25, 0.3) is 0 Å². The third kappa shape index (κ3) is 1.71. The number of ether oxygens (including phenoxy) is 1. The van der Waals surface area contributed by atoms with Gasteiger partial charge >= 0.3 is 5.97 Å². The van der Waals surface area contributed by atoms with Gasteiger partial charge in [-0.1, -0.05) is 0 Å². The highest BCUT2D eigenvalue weighted by molar-refractivity contribution is 5.90. The Morgan fingerprint density at radius 1 is 1.62 bits per heavy atom. The Labute approximate surface area is 77.5 Å². The molecule has 1 heterocycles. The minimum Gasteiger partial charge on any atom is -0.465 e. The molecule has 1 rings (SSSR count). The van der Waals surface area contributed by atoms with E-state index in [2.05, 4.69) is 9.84 Å². The fraction of sp³-hybridized carbons (Fsp3) is 0.556. The van der Waals surface area contributed by atoms with E-state index in [1.807, 2.05) is 20.8 Å². The Balaban J connectivity index is 3.06. The van der Waals surface area contributed by atoms with E-state index in [9.17, 15) is 4.79 Å². The van der Waals surface area contributed by atoms with E-state index in [1.165, 1.54) is 7.11 Å². The van der Waals surface area contributed by atoms with E-state index < -0.39 is 0 Å². The summed E-state index contributed by atoms with van der Waals surface area (Å²) in [6, 6.07) is 0.262. The van der Waals surface area contributed by atoms with Crippen LogP contribution in [0.25, 0.3) is 0 Å². The molecule has 0 amide bonds. The van der Waals surface area contributed by atoms with Gasteiger partial charge in [0.15, 0.2) is 0 Å². The maximum atomic E-state index is 11.2. The number of methoxy groups -OCH3 is 1. The summed E-state index contributed by atoms with van der Waals surface area (Å²) in [6.07, 6.45) is 1.54. The number of carbonyl (C=O) groups is 1. The number of carbonyl (C=O) groups excluding carboxylic acids is 1. The van der Waals surface area contributed by atoms with Crippen LogP contribution in [0.5, 0.6) is 0 Å². The van der Waals surface area contributed by atoms with Crippen LogP contribution < -0.4 is 0 Å². The molecule has 0 aliphatic rings. The summed E-state index contributed by atoms with van der Waals surface area (Å²) in [4.78, 5) is 11.2. The normalized spacial score (nSPS) is 10.5. The Hall–Kier alpha value is -1.32. The van der Waals surface area contributed by atoms with Crippen molar-refractivity contribution in [3.8, 4) is 0 Å². The maximum Gasteiger partial charge on any atom is 0.341 e. The Bertz CT molecular complexity index is 315. The Kier molecular flexibility index (Phi) is 2.70. The Morgan fingerprint density at radius 2 is 2.23 bits per heavy atom. The molecule has 0 bridgehead atoms. The molecule has 0 unspecified atom stereocenters. The van der Waals surface area contributed by atoms with Gasteiger partial charge in [-0.25, -0.2) is 4.79 Å². The smallest absolute Gasteiger partial charge is 0.341 e. The van der Waals surface area contributed by atoms with Crippen molar-refractivity contribution in [2.75, 3.05) is 7.11 Å². The highest BCUT2D eigenvalue weighted by Crippen LogP contribution is 2.13. The zero-order chi connectivity index (χ0) is 10.0. The average Bonchev–Trinajstić information content (AvgIpc) is 2.46. The van der Waals surface area contributed by atoms with Crippen LogP contribution in [0.3, 0.4) is 0 Å². The second-order valence-electron chi connectivity index (χ2n) is 3.17. The molecule has 0 fully saturated rings. The number of hydrogen-bond donors (Lipinski definition) is 0. The minimum atomic E-state index is -0.329. The molecule has 0 saturated carbocycles. The van der Waals surface area contributed by atoms with Gasteiger partial charge in [-0.05, 0) is 20.8 Å². The highest BCUT2D eigenvalue weighted by Gasteiger charge is 2.15. The zero-order valence-electron chi connectivity index (χ0n) is 8.37. The third-order valence-corrected chi connectivity index (χ3v) is 1.94. The van der Waals surface area contributed by atoms with Crippen molar-refractivity contribution in [2.45, 2.75) is 26.8 Å². The van der Waals surface area contributed by atoms with E-state index in [1.54, 1.807) is 10.9 Å². The minimum absolute atomic E-state index is 0.262. The number of hydrogen-bond acceptors (Lipinski definition) is 3. The first kappa shape index (κ1) is 9.77. The standard InChI is InChI=1S/C9H14N2O2/c1-6(2)11-7(3)8(5-10-11)9(12)13-4/h5-6H,1-4H3. The molecule has 0 spiro atoms. The molecule has 0 atom stereocenters. The van der Waals surface area contributed by atoms with Gasteiger partial charge < -0.3 is 4.74 Å². The summed E-state index contributed by atoms with van der Waals surface area (Å²) < 4.78 is 6.42. The number of aromatic nitrogens is 2. The molecule has 1 aromatic rings. The second-order valence-corrected chi connectivity index (χ2v) is 3.17. The van der Waals surface area contributed by atoms with Crippen molar-refractivity contribution >= 4 is 5.97 Å². The van der Waals surface area contributed by atoms with Gasteiger partial charge in [0.1, 0.15) is 5.56 Å². The largest absolute Gasteiger partial charge is 0.465 e. The lowest BCUT2D eigenvalue weighted by atomic mass is 10.2. The van der Waals surface area contributed by atoms with Gasteiger partial charge in [-0.15, -0.1) is 0 Å². The molecule has 1 aromatic heterocycles. The fourth-order valence-corrected chi connectivity index (χ4v) is 1.25. The number of esters is 1. The maximum absolute atomic E-state index is 11.2. The van der Waals surface area contributed by atoms with Gasteiger partial charge in [-0.2, -0.15) is 5.10 Å². The third-order valence-electron chi connectivity index (χ3n) is 1.94. The fourth-order valence-electron chi connectivity index (χ4n) is 1.25. The first-order chi connectivity index (χ1) is 6.07. The molecule has 0 N–H and O–H groups in total. The van der Waals surface area contributed by atoms with Crippen molar-refractivity contribution in [3.05, 3.63) is 17.5 Å². The van der Waals surface area contributed by atoms with Crippen molar-refractivity contribution in [1.29, 1.82) is 0 Å². The van der Waals surface area contributed by atoms with E-state index in [0.717, 1.165) is 5.69 Å². The molecule has 4 heteroatoms. The molecule has 4 nitrogen and oxygen atoms in total. The molecule has 0 saturated heterocycles. The van der Waals surface area contributed by atoms with Crippen LogP contribution in [-0.4, -0.2) is 22.9 Å². The lowest BCUT2D eigenvalue weighted by Gasteiger charge is -2.07. The molecular weight excluding hydrogens is 168 g/mol. The number of nitrogens with zero attached hydrogens (tertiary/aromatic N) is 2. The van der Waals surface area contributed by atoms with Crippen molar-refractivity contribution in [1.82, 2.24) is 9.78 Å². The first-order valence-corrected chi connectivity index (χ1v) is 4.20. The zero-order valence-corrected chi connectivity index (χ0v) is 8.37. The van der Waals surface area contributed by atoms with E-state index in [0.29, 0.717) is 5.56 Å². The van der Waals surface area contributed by atoms with Gasteiger partial charge in [0, 0.05) is 6.04 Å². The first-order valence-electron chi connectivity index (χ1n) is 4.20. The van der Waals surface area contributed by atoms with Crippen LogP contribution in [-0.2, 0) is 4.74 Å². The topological polar surface area (TPSA) is 44.1 Å². The van der Waals surface area contributed by atoms with Crippen LogP contribution >= 0.6 is 0 Å². The summed E-state index contributed by atoms with van der Waals surface area (Å²) in [5, 5.41) is 4.10. The quantitative estimate of drug-likeness (QED) is 0.652. The summed E-state index contributed by atoms with van der Waals surface area (Å²) >= 11 is 0. The molecule has 0 aliphatic carbocycles. The molecule has 0 aromatic carbocycles. The van der Waals surface area contributed by atoms with Crippen LogP contribution in [0.4, 0.5) is 0 Å². The predicted molar refractivity (Wildman–Crippen MR) is 48.7 cm³/mol. The Morgan fingerprint density at radius 3 is 2.62 bits per heavy atom. The summed E-state index contributed by atoms with van der Waals surface area (Å²) in [7, 11) is 1.37. The predicted octanol–water partition coefficient (Wildman–Crippen LogP) is 1.56. The highest BCUT2D eigenvalue weighted by atomic mass is 16.5. The van der Waals surface area contributed by atoms with Crippen molar-refractivity contribution in [2.24, 2.45) is 0 Å². The van der Waals surface area contributed by atoms with Crippen molar-refractivity contribution in [3.63, 3.8) is 0 Å². The number of rotatable bonds is 2. The van der Waals surface area contributed by atoms with E-state index in [4.69, 9.17) is 0 Å². The van der Waals surface area contributed by atoms with Gasteiger partial charge in [-0.3, -0.25) is 4.68 Å². The lowest BCUT2D eigenvalue weighted by molar-refractivity contribution is 0.0599. The van der Waals surface area contributed by atoms with E-state index >= 15 is 0 Å². The summed E-state index contributed by atoms with van der Waals surface area (Å²) in [5.41, 5.74) is 1.39. The SMILES string of the molecule is COC(=O)c1cnn(C(C)C)c1C. The summed E-state index contributed by atoms with van der Waals surface area (Å²) in [5.74, 6) is -0.329. The van der Waals surface area contributed by atoms with Crippen LogP contribution in [0.1, 0.15) is 35.9 Å². The second kappa shape index (κ2) is 3.60. The van der Waals surface area contributed by atoms with Crippen LogP contribution in [0, 0.1) is 6.92 Å². The van der Waals surface area contributed by atoms with Crippen LogP contribution in [0.15, 0.2) is 6.20 Å². The van der Waals surface area contributed by atoms with Crippen molar-refractivity contribution < 1.29 is 9.53 Å². The van der Waals surface area contributed by atoms with Gasteiger partial charge in [0.2, 0.25) is 0 Å². The molecule has 0 aliphatic heterocycles. The van der Waals surface area contributed by atoms with Gasteiger partial charge in [0.05, 0.1) is 19.0 Å². The molecular formula is C9H14N2O2. The molecule has 0 radical (unpaired) electrons. The molecule has 13 heavy (non-hydrogen) atoms. The average molecular weight is 182 g/mol. The molecule has 72 valence electrons. The monoisotopic (exact) mass is 182 g/mol. The van der Waals surface area contributed by atoms with E-state index in [-0.39, 0.29) is 12.0 Å². The lowest BCUT2D eigenvalue weighted by Crippen LogP contribution is -2.07.